The molecular formula is C26H24FN3O4S. The molecule has 3 aromatic rings. The highest BCUT2D eigenvalue weighted by Gasteiger charge is 2.37. The molecule has 2 aromatic carbocycles. The van der Waals surface area contributed by atoms with Gasteiger partial charge < -0.3 is 14.2 Å². The van der Waals surface area contributed by atoms with Crippen LogP contribution in [0.5, 0.6) is 0 Å². The number of carbonyl (C=O) groups excluding carboxylic acids is 3. The van der Waals surface area contributed by atoms with Crippen molar-refractivity contribution in [3.63, 3.8) is 0 Å². The molecule has 7 nitrogen and oxygen atoms in total. The Morgan fingerprint density at radius 2 is 1.80 bits per heavy atom. The molecule has 180 valence electrons. The second-order valence-corrected chi connectivity index (χ2v) is 9.45. The summed E-state index contributed by atoms with van der Waals surface area (Å²) >= 11 is 0.832. The SMILES string of the molecule is Cc1c(/C=C2/SC(=O)N(CC(=O)N3CCOCC3)C2=O)c2ccccc2n1Cc1ccccc1F. The number of nitrogens with zero attached hydrogens (tertiary/aromatic N) is 3. The van der Waals surface area contributed by atoms with Gasteiger partial charge >= 0.3 is 0 Å². The molecule has 2 aliphatic rings. The second kappa shape index (κ2) is 9.67. The monoisotopic (exact) mass is 493 g/mol. The third kappa shape index (κ3) is 4.49. The zero-order valence-corrected chi connectivity index (χ0v) is 20.0. The molecule has 3 heterocycles. The van der Waals surface area contributed by atoms with Gasteiger partial charge in [-0.2, -0.15) is 0 Å². The summed E-state index contributed by atoms with van der Waals surface area (Å²) in [6.07, 6.45) is 1.71. The minimum Gasteiger partial charge on any atom is -0.378 e. The lowest BCUT2D eigenvalue weighted by molar-refractivity contribution is -0.139. The largest absolute Gasteiger partial charge is 0.378 e. The van der Waals surface area contributed by atoms with Crippen LogP contribution in [0.4, 0.5) is 9.18 Å². The minimum absolute atomic E-state index is 0.265. The van der Waals surface area contributed by atoms with Crippen molar-refractivity contribution in [3.05, 3.63) is 76.1 Å². The fourth-order valence-electron chi connectivity index (χ4n) is 4.46. The maximum Gasteiger partial charge on any atom is 0.294 e. The number of hydrogen-bond acceptors (Lipinski definition) is 5. The number of fused-ring (bicyclic) bond motifs is 1. The molecule has 9 heteroatoms. The minimum atomic E-state index is -0.480. The van der Waals surface area contributed by atoms with E-state index in [0.717, 1.165) is 38.8 Å². The number of rotatable bonds is 5. The van der Waals surface area contributed by atoms with E-state index in [1.807, 2.05) is 35.8 Å². The van der Waals surface area contributed by atoms with Crippen LogP contribution in [0, 0.1) is 12.7 Å². The highest BCUT2D eigenvalue weighted by Crippen LogP contribution is 2.36. The van der Waals surface area contributed by atoms with Gasteiger partial charge in [-0.25, -0.2) is 4.39 Å². The van der Waals surface area contributed by atoms with E-state index in [0.29, 0.717) is 38.4 Å². The van der Waals surface area contributed by atoms with E-state index >= 15 is 0 Å². The number of ether oxygens (including phenoxy) is 1. The summed E-state index contributed by atoms with van der Waals surface area (Å²) in [7, 11) is 0. The van der Waals surface area contributed by atoms with Crippen LogP contribution in [0.2, 0.25) is 0 Å². The topological polar surface area (TPSA) is 71.9 Å². The summed E-state index contributed by atoms with van der Waals surface area (Å²) in [5, 5.41) is 0.438. The van der Waals surface area contributed by atoms with Crippen molar-refractivity contribution in [2.75, 3.05) is 32.8 Å². The number of benzene rings is 2. The Hall–Kier alpha value is -3.43. The number of morpholine rings is 1. The number of para-hydroxylation sites is 1. The number of amides is 3. The molecule has 0 saturated carbocycles. The quantitative estimate of drug-likeness (QED) is 0.502. The van der Waals surface area contributed by atoms with Crippen LogP contribution in [-0.4, -0.2) is 64.3 Å². The van der Waals surface area contributed by atoms with Crippen LogP contribution in [-0.2, 0) is 20.9 Å². The van der Waals surface area contributed by atoms with E-state index < -0.39 is 11.1 Å². The molecule has 2 aliphatic heterocycles. The third-order valence-electron chi connectivity index (χ3n) is 6.37. The molecule has 3 amide bonds. The van der Waals surface area contributed by atoms with Gasteiger partial charge in [-0.05, 0) is 36.9 Å². The summed E-state index contributed by atoms with van der Waals surface area (Å²) in [5.41, 5.74) is 3.11. The molecule has 0 spiro atoms. The van der Waals surface area contributed by atoms with Gasteiger partial charge in [0.15, 0.2) is 0 Å². The molecular weight excluding hydrogens is 469 g/mol. The molecule has 0 atom stereocenters. The van der Waals surface area contributed by atoms with Gasteiger partial charge in [-0.15, -0.1) is 0 Å². The van der Waals surface area contributed by atoms with Crippen LogP contribution >= 0.6 is 11.8 Å². The number of thioether (sulfide) groups is 1. The highest BCUT2D eigenvalue weighted by molar-refractivity contribution is 8.18. The smallest absolute Gasteiger partial charge is 0.294 e. The first kappa shape index (κ1) is 23.3. The molecule has 0 radical (unpaired) electrons. The van der Waals surface area contributed by atoms with E-state index in [1.54, 1.807) is 29.2 Å². The Balaban J connectivity index is 1.45. The molecule has 35 heavy (non-hydrogen) atoms. The average Bonchev–Trinajstić information content (AvgIpc) is 3.29. The molecule has 0 N–H and O–H groups in total. The summed E-state index contributed by atoms with van der Waals surface area (Å²) in [4.78, 5) is 41.2. The van der Waals surface area contributed by atoms with Crippen molar-refractivity contribution in [2.45, 2.75) is 13.5 Å². The van der Waals surface area contributed by atoms with Crippen LogP contribution in [0.15, 0.2) is 53.4 Å². The van der Waals surface area contributed by atoms with Crippen molar-refractivity contribution in [3.8, 4) is 0 Å². The zero-order chi connectivity index (χ0) is 24.5. The summed E-state index contributed by atoms with van der Waals surface area (Å²) in [6, 6.07) is 14.4. The maximum atomic E-state index is 14.4. The number of carbonyl (C=O) groups is 3. The van der Waals surface area contributed by atoms with E-state index in [4.69, 9.17) is 4.74 Å². The fraction of sp³-hybridized carbons (Fsp3) is 0.269. The van der Waals surface area contributed by atoms with Gasteiger partial charge in [0.05, 0.1) is 24.7 Å². The van der Waals surface area contributed by atoms with Gasteiger partial charge in [0.1, 0.15) is 12.4 Å². The first-order chi connectivity index (χ1) is 16.9. The van der Waals surface area contributed by atoms with E-state index in [-0.39, 0.29) is 23.2 Å². The summed E-state index contributed by atoms with van der Waals surface area (Å²) in [6.45, 7) is 3.77. The Morgan fingerprint density at radius 3 is 2.57 bits per heavy atom. The first-order valence-corrected chi connectivity index (χ1v) is 12.2. The van der Waals surface area contributed by atoms with Crippen molar-refractivity contribution in [1.29, 1.82) is 0 Å². The lowest BCUT2D eigenvalue weighted by Crippen LogP contribution is -2.46. The van der Waals surface area contributed by atoms with Crippen molar-refractivity contribution >= 4 is 45.8 Å². The molecule has 5 rings (SSSR count). The average molecular weight is 494 g/mol. The molecule has 0 bridgehead atoms. The van der Waals surface area contributed by atoms with Gasteiger partial charge in [0.25, 0.3) is 11.1 Å². The Kier molecular flexibility index (Phi) is 6.44. The van der Waals surface area contributed by atoms with Crippen LogP contribution in [0.3, 0.4) is 0 Å². The van der Waals surface area contributed by atoms with Gasteiger partial charge in [-0.1, -0.05) is 36.4 Å². The summed E-state index contributed by atoms with van der Waals surface area (Å²) < 4.78 is 21.6. The maximum absolute atomic E-state index is 14.4. The zero-order valence-electron chi connectivity index (χ0n) is 19.2. The van der Waals surface area contributed by atoms with E-state index in [9.17, 15) is 18.8 Å². The van der Waals surface area contributed by atoms with Crippen molar-refractivity contribution in [1.82, 2.24) is 14.4 Å². The third-order valence-corrected chi connectivity index (χ3v) is 7.28. The standard InChI is InChI=1S/C26H24FN3O4S/c1-17-20(19-7-3-5-9-22(19)29(17)15-18-6-2-4-8-21(18)27)14-23-25(32)30(26(33)35-23)16-24(31)28-10-12-34-13-11-28/h2-9,14H,10-13,15-16H2,1H3/b23-14+. The lowest BCUT2D eigenvalue weighted by atomic mass is 10.1. The van der Waals surface area contributed by atoms with Gasteiger partial charge in [-0.3, -0.25) is 19.3 Å². The normalized spacial score (nSPS) is 17.7. The Morgan fingerprint density at radius 1 is 1.09 bits per heavy atom. The van der Waals surface area contributed by atoms with Crippen LogP contribution in [0.25, 0.3) is 17.0 Å². The summed E-state index contributed by atoms with van der Waals surface area (Å²) in [5.74, 6) is -1.03. The number of hydrogen-bond donors (Lipinski definition) is 0. The first-order valence-electron chi connectivity index (χ1n) is 11.4. The van der Waals surface area contributed by atoms with E-state index in [1.165, 1.54) is 6.07 Å². The second-order valence-electron chi connectivity index (χ2n) is 8.45. The van der Waals surface area contributed by atoms with Crippen molar-refractivity contribution in [2.24, 2.45) is 0 Å². The number of aromatic nitrogens is 1. The highest BCUT2D eigenvalue weighted by atomic mass is 32.2. The van der Waals surface area contributed by atoms with E-state index in [2.05, 4.69) is 0 Å². The predicted molar refractivity (Wildman–Crippen MR) is 132 cm³/mol. The van der Waals surface area contributed by atoms with Crippen molar-refractivity contribution < 1.29 is 23.5 Å². The fourth-order valence-corrected chi connectivity index (χ4v) is 5.28. The van der Waals surface area contributed by atoms with Crippen LogP contribution in [0.1, 0.15) is 16.8 Å². The molecule has 2 fully saturated rings. The number of imide groups is 1. The Bertz CT molecular complexity index is 1360. The van der Waals surface area contributed by atoms with Crippen LogP contribution < -0.4 is 0 Å². The van der Waals surface area contributed by atoms with Gasteiger partial charge in [0.2, 0.25) is 5.91 Å². The predicted octanol–water partition coefficient (Wildman–Crippen LogP) is 4.03. The number of halogens is 1. The lowest BCUT2D eigenvalue weighted by Gasteiger charge is -2.28. The molecule has 1 aromatic heterocycles. The Labute approximate surface area is 206 Å². The van der Waals surface area contributed by atoms with Gasteiger partial charge in [0, 0.05) is 40.8 Å². The molecule has 2 saturated heterocycles. The molecule has 0 aliphatic carbocycles. The molecule has 0 unspecified atom stereocenters.